The van der Waals surface area contributed by atoms with Crippen molar-refractivity contribution >= 4 is 28.4 Å². The lowest BCUT2D eigenvalue weighted by Crippen LogP contribution is -2.32. The molecule has 2 aromatic heterocycles. The summed E-state index contributed by atoms with van der Waals surface area (Å²) in [5.41, 5.74) is 3.42. The van der Waals surface area contributed by atoms with Gasteiger partial charge in [-0.05, 0) is 50.1 Å². The second-order valence-corrected chi connectivity index (χ2v) is 9.33. The quantitative estimate of drug-likeness (QED) is 0.415. The van der Waals surface area contributed by atoms with E-state index in [0.717, 1.165) is 16.6 Å². The van der Waals surface area contributed by atoms with Crippen molar-refractivity contribution in [3.05, 3.63) is 70.4 Å². The third-order valence-corrected chi connectivity index (χ3v) is 6.92. The van der Waals surface area contributed by atoms with E-state index in [1.54, 1.807) is 11.6 Å². The zero-order valence-electron chi connectivity index (χ0n) is 20.1. The molecule has 1 aliphatic heterocycles. The van der Waals surface area contributed by atoms with Gasteiger partial charge in [-0.15, -0.1) is 0 Å². The van der Waals surface area contributed by atoms with Gasteiger partial charge in [0.05, 0.1) is 11.1 Å². The highest BCUT2D eigenvalue weighted by atomic mass is 35.5. The number of rotatable bonds is 6. The van der Waals surface area contributed by atoms with Crippen molar-refractivity contribution in [2.24, 2.45) is 7.05 Å². The van der Waals surface area contributed by atoms with Crippen LogP contribution >= 0.6 is 11.6 Å². The van der Waals surface area contributed by atoms with Gasteiger partial charge < -0.3 is 14.7 Å². The molecular formula is C26H25ClFN5O3. The molecule has 1 aliphatic rings. The number of amides is 1. The van der Waals surface area contributed by atoms with E-state index in [1.165, 1.54) is 23.4 Å². The van der Waals surface area contributed by atoms with Crippen molar-refractivity contribution in [3.8, 4) is 17.1 Å². The van der Waals surface area contributed by atoms with Gasteiger partial charge in [0.25, 0.3) is 5.91 Å². The van der Waals surface area contributed by atoms with E-state index in [-0.39, 0.29) is 17.5 Å². The van der Waals surface area contributed by atoms with E-state index in [4.69, 9.17) is 21.3 Å². The first kappa shape index (κ1) is 24.1. The normalized spacial score (nSPS) is 16.7. The van der Waals surface area contributed by atoms with Crippen molar-refractivity contribution in [1.29, 1.82) is 0 Å². The molecule has 1 saturated heterocycles. The van der Waals surface area contributed by atoms with Crippen molar-refractivity contribution in [3.63, 3.8) is 0 Å². The largest absolute Gasteiger partial charge is 0.487 e. The van der Waals surface area contributed by atoms with Crippen LogP contribution in [0.1, 0.15) is 36.2 Å². The average Bonchev–Trinajstić information content (AvgIpc) is 3.42. The molecular weight excluding hydrogens is 485 g/mol. The Hall–Kier alpha value is -3.56. The Bertz CT molecular complexity index is 1470. The molecule has 8 nitrogen and oxygen atoms in total. The average molecular weight is 510 g/mol. The summed E-state index contributed by atoms with van der Waals surface area (Å²) in [4.78, 5) is 23.0. The molecule has 0 radical (unpaired) electrons. The SMILES string of the molecule is Cc1cc(-c2ncnn2C)c2cccc(OCc3c(Cl)cc(F)cc3[C@H](C)N3CCC(O)C3=O)c2n1. The molecule has 1 N–H and O–H groups in total. The van der Waals surface area contributed by atoms with Crippen LogP contribution in [0.15, 0.2) is 42.7 Å². The Morgan fingerprint density at radius 2 is 2.11 bits per heavy atom. The van der Waals surface area contributed by atoms with E-state index in [1.807, 2.05) is 38.2 Å². The van der Waals surface area contributed by atoms with Crippen molar-refractivity contribution < 1.29 is 19.0 Å². The minimum atomic E-state index is -1.04. The third-order valence-electron chi connectivity index (χ3n) is 6.58. The molecule has 1 fully saturated rings. The van der Waals surface area contributed by atoms with Gasteiger partial charge in [-0.3, -0.25) is 4.79 Å². The second kappa shape index (κ2) is 9.48. The Morgan fingerprint density at radius 3 is 2.81 bits per heavy atom. The van der Waals surface area contributed by atoms with Gasteiger partial charge in [0.2, 0.25) is 0 Å². The molecule has 0 spiro atoms. The lowest BCUT2D eigenvalue weighted by molar-refractivity contribution is -0.136. The first-order chi connectivity index (χ1) is 17.2. The number of carbonyl (C=O) groups excluding carboxylic acids is 1. The molecule has 4 aromatic rings. The maximum absolute atomic E-state index is 14.4. The molecule has 1 unspecified atom stereocenters. The van der Waals surface area contributed by atoms with Gasteiger partial charge >= 0.3 is 0 Å². The molecule has 5 rings (SSSR count). The van der Waals surface area contributed by atoms with E-state index in [9.17, 15) is 14.3 Å². The minimum Gasteiger partial charge on any atom is -0.487 e. The highest BCUT2D eigenvalue weighted by Gasteiger charge is 2.34. The number of hydrogen-bond donors (Lipinski definition) is 1. The number of carbonyl (C=O) groups is 1. The van der Waals surface area contributed by atoms with Gasteiger partial charge in [-0.2, -0.15) is 5.10 Å². The molecule has 3 heterocycles. The first-order valence-electron chi connectivity index (χ1n) is 11.6. The van der Waals surface area contributed by atoms with Gasteiger partial charge in [-0.25, -0.2) is 19.0 Å². The number of nitrogens with zero attached hydrogens (tertiary/aromatic N) is 5. The summed E-state index contributed by atoms with van der Waals surface area (Å²) >= 11 is 6.46. The van der Waals surface area contributed by atoms with Crippen molar-refractivity contribution in [2.45, 2.75) is 39.0 Å². The van der Waals surface area contributed by atoms with Gasteiger partial charge in [0.1, 0.15) is 36.1 Å². The molecule has 36 heavy (non-hydrogen) atoms. The van der Waals surface area contributed by atoms with Gasteiger partial charge in [0.15, 0.2) is 5.82 Å². The van der Waals surface area contributed by atoms with Crippen molar-refractivity contribution in [2.75, 3.05) is 6.54 Å². The highest BCUT2D eigenvalue weighted by Crippen LogP contribution is 2.35. The number of likely N-dealkylation sites (tertiary alicyclic amines) is 1. The van der Waals surface area contributed by atoms with E-state index < -0.39 is 18.0 Å². The molecule has 0 saturated carbocycles. The number of aliphatic hydroxyl groups is 1. The Morgan fingerprint density at radius 1 is 1.31 bits per heavy atom. The molecule has 2 atom stereocenters. The van der Waals surface area contributed by atoms with Crippen LogP contribution in [0.3, 0.4) is 0 Å². The number of pyridine rings is 1. The van der Waals surface area contributed by atoms with Crippen LogP contribution in [-0.4, -0.2) is 48.3 Å². The maximum atomic E-state index is 14.4. The molecule has 0 bridgehead atoms. The number of aryl methyl sites for hydroxylation is 2. The number of halogens is 2. The summed E-state index contributed by atoms with van der Waals surface area (Å²) in [6.07, 6.45) is 0.803. The smallest absolute Gasteiger partial charge is 0.251 e. The predicted molar refractivity (Wildman–Crippen MR) is 133 cm³/mol. The van der Waals surface area contributed by atoms with Gasteiger partial charge in [-0.1, -0.05) is 23.7 Å². The number of benzene rings is 2. The Kier molecular flexibility index (Phi) is 6.36. The number of aliphatic hydroxyl groups excluding tert-OH is 1. The van der Waals surface area contributed by atoms with Crippen molar-refractivity contribution in [1.82, 2.24) is 24.6 Å². The molecule has 10 heteroatoms. The Labute approximate surface area is 212 Å². The van der Waals surface area contributed by atoms with Crippen LogP contribution in [0.5, 0.6) is 5.75 Å². The highest BCUT2D eigenvalue weighted by molar-refractivity contribution is 6.31. The summed E-state index contributed by atoms with van der Waals surface area (Å²) < 4.78 is 22.3. The lowest BCUT2D eigenvalue weighted by Gasteiger charge is -2.27. The van der Waals surface area contributed by atoms with Crippen LogP contribution in [0, 0.1) is 12.7 Å². The fourth-order valence-corrected chi connectivity index (χ4v) is 5.00. The fourth-order valence-electron chi connectivity index (χ4n) is 4.73. The van der Waals surface area contributed by atoms with Crippen LogP contribution in [-0.2, 0) is 18.4 Å². The maximum Gasteiger partial charge on any atom is 0.251 e. The molecule has 186 valence electrons. The topological polar surface area (TPSA) is 93.4 Å². The standard InChI is InChI=1S/C26H25ClFN5O3/c1-14-9-19(25-29-13-30-32(25)3)17-5-4-6-23(24(17)31-14)36-12-20-18(10-16(28)11-21(20)27)15(2)33-8-7-22(34)26(33)35/h4-6,9-11,13,15,22,34H,7-8,12H2,1-3H3/t15-,22?/m0/s1. The zero-order chi connectivity index (χ0) is 25.6. The first-order valence-corrected chi connectivity index (χ1v) is 12.0. The summed E-state index contributed by atoms with van der Waals surface area (Å²) in [6.45, 7) is 4.11. The monoisotopic (exact) mass is 509 g/mol. The third kappa shape index (κ3) is 4.29. The second-order valence-electron chi connectivity index (χ2n) is 8.93. The number of aromatic nitrogens is 4. The molecule has 0 aliphatic carbocycles. The van der Waals surface area contributed by atoms with E-state index in [2.05, 4.69) is 10.1 Å². The van der Waals surface area contributed by atoms with Crippen LogP contribution in [0.2, 0.25) is 5.02 Å². The molecule has 2 aromatic carbocycles. The zero-order valence-corrected chi connectivity index (χ0v) is 20.8. The molecule has 1 amide bonds. The van der Waals surface area contributed by atoms with Crippen LogP contribution < -0.4 is 4.74 Å². The summed E-state index contributed by atoms with van der Waals surface area (Å²) in [5, 5.41) is 15.1. The summed E-state index contributed by atoms with van der Waals surface area (Å²) in [7, 11) is 1.83. The summed E-state index contributed by atoms with van der Waals surface area (Å²) in [6, 6.07) is 9.69. The number of ether oxygens (including phenoxy) is 1. The fraction of sp³-hybridized carbons (Fsp3) is 0.308. The van der Waals surface area contributed by atoms with E-state index >= 15 is 0 Å². The number of fused-ring (bicyclic) bond motifs is 1. The van der Waals surface area contributed by atoms with Crippen LogP contribution in [0.4, 0.5) is 4.39 Å². The summed E-state index contributed by atoms with van der Waals surface area (Å²) in [5.74, 6) is 0.359. The Balaban J connectivity index is 1.52. The predicted octanol–water partition coefficient (Wildman–Crippen LogP) is 4.36. The number of para-hydroxylation sites is 1. The van der Waals surface area contributed by atoms with Gasteiger partial charge in [0, 0.05) is 35.8 Å². The number of hydrogen-bond acceptors (Lipinski definition) is 6. The van der Waals surface area contributed by atoms with E-state index in [0.29, 0.717) is 41.2 Å². The van der Waals surface area contributed by atoms with Crippen LogP contribution in [0.25, 0.3) is 22.3 Å². The lowest BCUT2D eigenvalue weighted by atomic mass is 10.00. The minimum absolute atomic E-state index is 0.0391.